The number of benzene rings is 3. The highest BCUT2D eigenvalue weighted by Gasteiger charge is 2.22. The third-order valence-electron chi connectivity index (χ3n) is 4.24. The summed E-state index contributed by atoms with van der Waals surface area (Å²) in [4.78, 5) is 11.2. The molecule has 7 heteroatoms. The zero-order chi connectivity index (χ0) is 20.7. The van der Waals surface area contributed by atoms with Gasteiger partial charge in [-0.15, -0.1) is 0 Å². The van der Waals surface area contributed by atoms with Crippen LogP contribution in [0, 0.1) is 0 Å². The van der Waals surface area contributed by atoms with Gasteiger partial charge in [-0.3, -0.25) is 10.0 Å². The Morgan fingerprint density at radius 3 is 2.00 bits per heavy atom. The molecule has 0 radical (unpaired) electrons. The van der Waals surface area contributed by atoms with Crippen LogP contribution in [0.15, 0.2) is 95.9 Å². The Bertz CT molecular complexity index is 1060. The quantitative estimate of drug-likeness (QED) is 0.318. The summed E-state index contributed by atoms with van der Waals surface area (Å²) >= 11 is 0. The number of carbonyl (C=O) groups is 1. The van der Waals surface area contributed by atoms with Crippen molar-refractivity contribution in [3.63, 3.8) is 0 Å². The van der Waals surface area contributed by atoms with E-state index < -0.39 is 22.0 Å². The van der Waals surface area contributed by atoms with E-state index in [9.17, 15) is 13.2 Å². The average molecular weight is 408 g/mol. The Kier molecular flexibility index (Phi) is 6.56. The number of rotatable bonds is 7. The van der Waals surface area contributed by atoms with E-state index in [1.165, 1.54) is 23.7 Å². The molecule has 0 saturated carbocycles. The number of amides is 1. The molecule has 0 aliphatic carbocycles. The highest BCUT2D eigenvalue weighted by atomic mass is 32.2. The van der Waals surface area contributed by atoms with E-state index >= 15 is 0 Å². The second-order valence-electron chi connectivity index (χ2n) is 6.26. The standard InChI is InChI=1S/C22H20N2O4S/c25-21(23-26)15-14-17-8-7-13-20(16-17)29(27,28)24-22(18-9-3-1-4-10-18)19-11-5-2-6-12-19/h1-16,22,24,26H,(H,23,25)/b15-14+. The first-order chi connectivity index (χ1) is 14.0. The molecule has 0 atom stereocenters. The minimum atomic E-state index is -3.86. The van der Waals surface area contributed by atoms with Crippen molar-refractivity contribution in [2.24, 2.45) is 0 Å². The Labute approximate surface area is 169 Å². The average Bonchev–Trinajstić information content (AvgIpc) is 2.77. The molecule has 1 amide bonds. The molecule has 0 saturated heterocycles. The molecule has 3 aromatic rings. The highest BCUT2D eigenvalue weighted by molar-refractivity contribution is 7.89. The predicted octanol–water partition coefficient (Wildman–Crippen LogP) is 3.27. The zero-order valence-electron chi connectivity index (χ0n) is 15.4. The lowest BCUT2D eigenvalue weighted by Gasteiger charge is -2.20. The van der Waals surface area contributed by atoms with Gasteiger partial charge in [0.1, 0.15) is 0 Å². The Morgan fingerprint density at radius 2 is 1.45 bits per heavy atom. The lowest BCUT2D eigenvalue weighted by atomic mass is 10.00. The molecule has 29 heavy (non-hydrogen) atoms. The minimum Gasteiger partial charge on any atom is -0.288 e. The first kappa shape index (κ1) is 20.5. The summed E-state index contributed by atoms with van der Waals surface area (Å²) in [7, 11) is -3.86. The normalized spacial score (nSPS) is 11.7. The molecule has 0 bridgehead atoms. The van der Waals surface area contributed by atoms with Crippen LogP contribution in [0.5, 0.6) is 0 Å². The van der Waals surface area contributed by atoms with Gasteiger partial charge in [0.25, 0.3) is 5.91 Å². The summed E-state index contributed by atoms with van der Waals surface area (Å²) in [6.45, 7) is 0. The van der Waals surface area contributed by atoms with Gasteiger partial charge in [-0.2, -0.15) is 4.72 Å². The fourth-order valence-corrected chi connectivity index (χ4v) is 4.10. The van der Waals surface area contributed by atoms with Crippen LogP contribution in [0.1, 0.15) is 22.7 Å². The van der Waals surface area contributed by atoms with E-state index in [4.69, 9.17) is 5.21 Å². The summed E-state index contributed by atoms with van der Waals surface area (Å²) < 4.78 is 28.9. The lowest BCUT2D eigenvalue weighted by molar-refractivity contribution is -0.124. The summed E-state index contributed by atoms with van der Waals surface area (Å²) in [5, 5.41) is 8.56. The van der Waals surface area contributed by atoms with Gasteiger partial charge in [0, 0.05) is 6.08 Å². The van der Waals surface area contributed by atoms with Crippen molar-refractivity contribution >= 4 is 22.0 Å². The van der Waals surface area contributed by atoms with Gasteiger partial charge in [0.15, 0.2) is 0 Å². The monoisotopic (exact) mass is 408 g/mol. The predicted molar refractivity (Wildman–Crippen MR) is 110 cm³/mol. The first-order valence-corrected chi connectivity index (χ1v) is 10.3. The van der Waals surface area contributed by atoms with Crippen LogP contribution in [0.2, 0.25) is 0 Å². The number of carbonyl (C=O) groups excluding carboxylic acids is 1. The van der Waals surface area contributed by atoms with Crippen LogP contribution >= 0.6 is 0 Å². The van der Waals surface area contributed by atoms with E-state index in [1.54, 1.807) is 12.1 Å². The fourth-order valence-electron chi connectivity index (χ4n) is 2.84. The zero-order valence-corrected chi connectivity index (χ0v) is 16.2. The first-order valence-electron chi connectivity index (χ1n) is 8.84. The van der Waals surface area contributed by atoms with Gasteiger partial charge in [-0.25, -0.2) is 13.9 Å². The van der Waals surface area contributed by atoms with Gasteiger partial charge < -0.3 is 0 Å². The van der Waals surface area contributed by atoms with Gasteiger partial charge >= 0.3 is 0 Å². The molecular formula is C22H20N2O4S. The Balaban J connectivity index is 1.94. The molecule has 6 nitrogen and oxygen atoms in total. The number of sulfonamides is 1. The molecule has 3 N–H and O–H groups in total. The second-order valence-corrected chi connectivity index (χ2v) is 7.97. The summed E-state index contributed by atoms with van der Waals surface area (Å²) in [6.07, 6.45) is 2.52. The van der Waals surface area contributed by atoms with Crippen molar-refractivity contribution < 1.29 is 18.4 Å². The van der Waals surface area contributed by atoms with Gasteiger partial charge in [0.05, 0.1) is 10.9 Å². The molecule has 0 unspecified atom stereocenters. The molecular weight excluding hydrogens is 388 g/mol. The topological polar surface area (TPSA) is 95.5 Å². The molecule has 0 aromatic heterocycles. The van der Waals surface area contributed by atoms with Crippen LogP contribution in [-0.4, -0.2) is 19.5 Å². The Morgan fingerprint density at radius 1 is 0.862 bits per heavy atom. The molecule has 0 heterocycles. The van der Waals surface area contributed by atoms with E-state index in [-0.39, 0.29) is 4.90 Å². The molecule has 0 aliphatic rings. The smallest absolute Gasteiger partial charge is 0.267 e. The van der Waals surface area contributed by atoms with Gasteiger partial charge in [0.2, 0.25) is 10.0 Å². The molecule has 0 spiro atoms. The minimum absolute atomic E-state index is 0.0703. The van der Waals surface area contributed by atoms with Crippen molar-refractivity contribution in [1.29, 1.82) is 0 Å². The van der Waals surface area contributed by atoms with E-state index in [0.29, 0.717) is 5.56 Å². The molecule has 0 aliphatic heterocycles. The van der Waals surface area contributed by atoms with Crippen LogP contribution in [0.4, 0.5) is 0 Å². The van der Waals surface area contributed by atoms with Crippen LogP contribution in [0.25, 0.3) is 6.08 Å². The maximum absolute atomic E-state index is 13.1. The molecule has 3 aromatic carbocycles. The maximum atomic E-state index is 13.1. The SMILES string of the molecule is O=C(/C=C/c1cccc(S(=O)(=O)NC(c2ccccc2)c2ccccc2)c1)NO. The lowest BCUT2D eigenvalue weighted by Crippen LogP contribution is -2.29. The van der Waals surface area contributed by atoms with Gasteiger partial charge in [-0.1, -0.05) is 72.8 Å². The fraction of sp³-hybridized carbons (Fsp3) is 0.0455. The van der Waals surface area contributed by atoms with E-state index in [2.05, 4.69) is 4.72 Å². The summed E-state index contributed by atoms with van der Waals surface area (Å²) in [6, 6.07) is 24.3. The summed E-state index contributed by atoms with van der Waals surface area (Å²) in [5.74, 6) is -0.704. The second kappa shape index (κ2) is 9.29. The number of hydroxylamine groups is 1. The van der Waals surface area contributed by atoms with Crippen molar-refractivity contribution in [3.8, 4) is 0 Å². The van der Waals surface area contributed by atoms with Crippen molar-refractivity contribution in [2.45, 2.75) is 10.9 Å². The molecule has 3 rings (SSSR count). The van der Waals surface area contributed by atoms with E-state index in [0.717, 1.165) is 17.2 Å². The number of hydrogen-bond donors (Lipinski definition) is 3. The van der Waals surface area contributed by atoms with Crippen LogP contribution in [0.3, 0.4) is 0 Å². The molecule has 148 valence electrons. The maximum Gasteiger partial charge on any atom is 0.267 e. The van der Waals surface area contributed by atoms with Crippen molar-refractivity contribution in [3.05, 3.63) is 108 Å². The Hall–Kier alpha value is -3.26. The highest BCUT2D eigenvalue weighted by Crippen LogP contribution is 2.25. The van der Waals surface area contributed by atoms with Crippen LogP contribution in [-0.2, 0) is 14.8 Å². The van der Waals surface area contributed by atoms with Gasteiger partial charge in [-0.05, 0) is 34.9 Å². The van der Waals surface area contributed by atoms with Crippen molar-refractivity contribution in [2.75, 3.05) is 0 Å². The number of nitrogens with one attached hydrogen (secondary N) is 2. The third kappa shape index (κ3) is 5.39. The summed E-state index contributed by atoms with van der Waals surface area (Å²) in [5.41, 5.74) is 3.63. The van der Waals surface area contributed by atoms with Crippen LogP contribution < -0.4 is 10.2 Å². The largest absolute Gasteiger partial charge is 0.288 e. The third-order valence-corrected chi connectivity index (χ3v) is 5.67. The van der Waals surface area contributed by atoms with Crippen molar-refractivity contribution in [1.82, 2.24) is 10.2 Å². The van der Waals surface area contributed by atoms with E-state index in [1.807, 2.05) is 60.7 Å². The number of hydrogen-bond acceptors (Lipinski definition) is 4. The molecule has 0 fully saturated rings.